The Labute approximate surface area is 158 Å². The molecule has 0 atom stereocenters. The lowest BCUT2D eigenvalue weighted by Gasteiger charge is -2.27. The second-order valence-electron chi connectivity index (χ2n) is 6.91. The highest BCUT2D eigenvalue weighted by Gasteiger charge is 2.18. The number of hydrogen-bond acceptors (Lipinski definition) is 3. The van der Waals surface area contributed by atoms with Crippen molar-refractivity contribution in [3.05, 3.63) is 65.2 Å². The van der Waals surface area contributed by atoms with Crippen LogP contribution in [-0.2, 0) is 17.9 Å². The van der Waals surface area contributed by atoms with Crippen LogP contribution in [0.3, 0.4) is 0 Å². The first-order chi connectivity index (χ1) is 13.0. The largest absolute Gasteiger partial charge is 0.385 e. The minimum Gasteiger partial charge on any atom is -0.385 e. The van der Waals surface area contributed by atoms with Crippen LogP contribution in [-0.4, -0.2) is 41.9 Å². The average Bonchev–Trinajstić information content (AvgIpc) is 2.68. The zero-order valence-electron chi connectivity index (χ0n) is 15.5. The van der Waals surface area contributed by atoms with Crippen molar-refractivity contribution in [2.24, 2.45) is 0 Å². The highest BCUT2D eigenvalue weighted by atomic mass is 19.2. The maximum Gasteiger partial charge on any atom is 0.219 e. The lowest BCUT2D eigenvalue weighted by Crippen LogP contribution is -2.37. The smallest absolute Gasteiger partial charge is 0.219 e. The standard InChI is InChI=1S/C21H25F2N3O/c1-16(27)26-11-10-25(14-17-6-3-2-4-7-17)9-5-8-24-21-13-20(23)19(22)12-18(21)15-26/h2-4,6-7,12-13,24H,5,8-11,14-15H2,1H3. The third kappa shape index (κ3) is 5.26. The van der Waals surface area contributed by atoms with E-state index in [1.165, 1.54) is 24.6 Å². The van der Waals surface area contributed by atoms with Gasteiger partial charge in [0.25, 0.3) is 0 Å². The number of carbonyl (C=O) groups excluding carboxylic acids is 1. The van der Waals surface area contributed by atoms with Crippen molar-refractivity contribution in [2.45, 2.75) is 26.4 Å². The van der Waals surface area contributed by atoms with E-state index in [1.54, 1.807) is 4.90 Å². The maximum atomic E-state index is 13.7. The zero-order chi connectivity index (χ0) is 19.2. The van der Waals surface area contributed by atoms with Gasteiger partial charge in [-0.15, -0.1) is 0 Å². The van der Waals surface area contributed by atoms with Gasteiger partial charge in [0.05, 0.1) is 0 Å². The van der Waals surface area contributed by atoms with Crippen molar-refractivity contribution in [1.82, 2.24) is 9.80 Å². The molecule has 0 saturated carbocycles. The van der Waals surface area contributed by atoms with Crippen LogP contribution in [0.15, 0.2) is 42.5 Å². The molecule has 4 nitrogen and oxygen atoms in total. The molecule has 27 heavy (non-hydrogen) atoms. The molecule has 0 aliphatic carbocycles. The van der Waals surface area contributed by atoms with Crippen LogP contribution in [0.25, 0.3) is 0 Å². The molecule has 0 radical (unpaired) electrons. The molecule has 144 valence electrons. The summed E-state index contributed by atoms with van der Waals surface area (Å²) in [6.45, 7) is 5.36. The Morgan fingerprint density at radius 3 is 2.56 bits per heavy atom. The van der Waals surface area contributed by atoms with Crippen LogP contribution >= 0.6 is 0 Å². The molecule has 1 aliphatic heterocycles. The van der Waals surface area contributed by atoms with Gasteiger partial charge < -0.3 is 10.2 Å². The molecule has 2 aromatic carbocycles. The second-order valence-corrected chi connectivity index (χ2v) is 6.91. The number of nitrogens with one attached hydrogen (secondary N) is 1. The van der Waals surface area contributed by atoms with Crippen molar-refractivity contribution >= 4 is 11.6 Å². The third-order valence-electron chi connectivity index (χ3n) is 4.85. The fourth-order valence-electron chi connectivity index (χ4n) is 3.34. The van der Waals surface area contributed by atoms with Gasteiger partial charge in [0.2, 0.25) is 5.91 Å². The van der Waals surface area contributed by atoms with Crippen molar-refractivity contribution < 1.29 is 13.6 Å². The summed E-state index contributed by atoms with van der Waals surface area (Å²) in [6, 6.07) is 12.6. The van der Waals surface area contributed by atoms with E-state index in [2.05, 4.69) is 22.3 Å². The number of anilines is 1. The van der Waals surface area contributed by atoms with Crippen molar-refractivity contribution in [3.63, 3.8) is 0 Å². The van der Waals surface area contributed by atoms with Gasteiger partial charge in [0, 0.05) is 57.9 Å². The summed E-state index contributed by atoms with van der Waals surface area (Å²) in [4.78, 5) is 16.1. The molecule has 0 bridgehead atoms. The fraction of sp³-hybridized carbons (Fsp3) is 0.381. The first kappa shape index (κ1) is 19.3. The fourth-order valence-corrected chi connectivity index (χ4v) is 3.34. The monoisotopic (exact) mass is 373 g/mol. The van der Waals surface area contributed by atoms with E-state index < -0.39 is 11.6 Å². The summed E-state index contributed by atoms with van der Waals surface area (Å²) < 4.78 is 27.4. The van der Waals surface area contributed by atoms with E-state index in [0.29, 0.717) is 24.3 Å². The van der Waals surface area contributed by atoms with E-state index >= 15 is 0 Å². The molecule has 1 aliphatic rings. The van der Waals surface area contributed by atoms with E-state index in [9.17, 15) is 13.6 Å². The van der Waals surface area contributed by atoms with Gasteiger partial charge in [-0.25, -0.2) is 8.78 Å². The molecule has 1 heterocycles. The highest BCUT2D eigenvalue weighted by molar-refractivity contribution is 5.73. The first-order valence-corrected chi connectivity index (χ1v) is 9.26. The summed E-state index contributed by atoms with van der Waals surface area (Å²) in [5.41, 5.74) is 2.37. The number of halogens is 2. The van der Waals surface area contributed by atoms with Crippen LogP contribution in [0.5, 0.6) is 0 Å². The van der Waals surface area contributed by atoms with Gasteiger partial charge in [-0.3, -0.25) is 9.69 Å². The molecule has 0 aromatic heterocycles. The molecular formula is C21H25F2N3O. The molecule has 3 rings (SSSR count). The molecule has 0 fully saturated rings. The van der Waals surface area contributed by atoms with Crippen molar-refractivity contribution in [3.8, 4) is 0 Å². The Kier molecular flexibility index (Phi) is 6.40. The van der Waals surface area contributed by atoms with Crippen molar-refractivity contribution in [1.29, 1.82) is 0 Å². The molecule has 0 saturated heterocycles. The molecule has 6 heteroatoms. The Morgan fingerprint density at radius 2 is 1.81 bits per heavy atom. The van der Waals surface area contributed by atoms with Gasteiger partial charge in [0.15, 0.2) is 11.6 Å². The minimum atomic E-state index is -0.889. The van der Waals surface area contributed by atoms with Crippen LogP contribution < -0.4 is 5.32 Å². The average molecular weight is 373 g/mol. The van der Waals surface area contributed by atoms with E-state index in [4.69, 9.17) is 0 Å². The number of carbonyl (C=O) groups is 1. The molecule has 2 aromatic rings. The Bertz CT molecular complexity index is 782. The number of nitrogens with zero attached hydrogens (tertiary/aromatic N) is 2. The second kappa shape index (κ2) is 8.95. The van der Waals surface area contributed by atoms with Gasteiger partial charge in [0.1, 0.15) is 0 Å². The summed E-state index contributed by atoms with van der Waals surface area (Å²) in [5.74, 6) is -1.85. The van der Waals surface area contributed by atoms with E-state index in [1.807, 2.05) is 18.2 Å². The van der Waals surface area contributed by atoms with Gasteiger partial charge >= 0.3 is 0 Å². The van der Waals surface area contributed by atoms with E-state index in [-0.39, 0.29) is 12.5 Å². The molecule has 1 amide bonds. The first-order valence-electron chi connectivity index (χ1n) is 9.26. The van der Waals surface area contributed by atoms with Gasteiger partial charge in [-0.1, -0.05) is 30.3 Å². The SMILES string of the molecule is CC(=O)N1CCN(Cc2ccccc2)CCCNc2cc(F)c(F)cc2C1. The summed E-state index contributed by atoms with van der Waals surface area (Å²) >= 11 is 0. The highest BCUT2D eigenvalue weighted by Crippen LogP contribution is 2.22. The predicted octanol–water partition coefficient (Wildman–Crippen LogP) is 3.63. The quantitative estimate of drug-likeness (QED) is 0.873. The topological polar surface area (TPSA) is 35.6 Å². The Morgan fingerprint density at radius 1 is 1.07 bits per heavy atom. The number of amides is 1. The predicted molar refractivity (Wildman–Crippen MR) is 102 cm³/mol. The van der Waals surface area contributed by atoms with Gasteiger partial charge in [-0.2, -0.15) is 0 Å². The lowest BCUT2D eigenvalue weighted by atomic mass is 10.1. The maximum absolute atomic E-state index is 13.7. The Balaban J connectivity index is 1.79. The molecule has 0 unspecified atom stereocenters. The molecule has 1 N–H and O–H groups in total. The molecule has 0 spiro atoms. The van der Waals surface area contributed by atoms with Crippen LogP contribution in [0.4, 0.5) is 14.5 Å². The van der Waals surface area contributed by atoms with Crippen molar-refractivity contribution in [2.75, 3.05) is 31.5 Å². The summed E-state index contributed by atoms with van der Waals surface area (Å²) in [5, 5.41) is 3.20. The third-order valence-corrected chi connectivity index (χ3v) is 4.85. The summed E-state index contributed by atoms with van der Waals surface area (Å²) in [6.07, 6.45) is 0.866. The van der Waals surface area contributed by atoms with Crippen LogP contribution in [0, 0.1) is 11.6 Å². The minimum absolute atomic E-state index is 0.0791. The Hall–Kier alpha value is -2.47. The molecular weight excluding hydrogens is 348 g/mol. The number of rotatable bonds is 2. The lowest BCUT2D eigenvalue weighted by molar-refractivity contribution is -0.129. The number of hydrogen-bond donors (Lipinski definition) is 1. The zero-order valence-corrected chi connectivity index (χ0v) is 15.5. The van der Waals surface area contributed by atoms with Gasteiger partial charge in [-0.05, 0) is 23.6 Å². The van der Waals surface area contributed by atoms with Crippen LogP contribution in [0.2, 0.25) is 0 Å². The summed E-state index contributed by atoms with van der Waals surface area (Å²) in [7, 11) is 0. The number of fused-ring (bicyclic) bond motifs is 1. The normalized spacial score (nSPS) is 16.2. The van der Waals surface area contributed by atoms with E-state index in [0.717, 1.165) is 26.1 Å². The van der Waals surface area contributed by atoms with Crippen LogP contribution in [0.1, 0.15) is 24.5 Å². The number of benzene rings is 2.